The monoisotopic (exact) mass is 449 g/mol. The van der Waals surface area contributed by atoms with Crippen LogP contribution in [-0.4, -0.2) is 62.8 Å². The molecule has 0 bridgehead atoms. The van der Waals surface area contributed by atoms with Crippen molar-refractivity contribution in [2.75, 3.05) is 33.3 Å². The van der Waals surface area contributed by atoms with E-state index in [9.17, 15) is 5.11 Å². The zero-order valence-corrected chi connectivity index (χ0v) is 19.1. The predicted molar refractivity (Wildman–Crippen MR) is 125 cm³/mol. The molecule has 1 atom stereocenters. The maximum absolute atomic E-state index is 11.0. The number of ether oxygens (including phenoxy) is 1. The lowest BCUT2D eigenvalue weighted by Gasteiger charge is -2.39. The van der Waals surface area contributed by atoms with E-state index in [2.05, 4.69) is 62.3 Å². The van der Waals surface area contributed by atoms with Gasteiger partial charge in [-0.2, -0.15) is 4.52 Å². The third-order valence-electron chi connectivity index (χ3n) is 6.01. The van der Waals surface area contributed by atoms with Crippen LogP contribution in [0.25, 0.3) is 4.96 Å². The number of piperazine rings is 1. The van der Waals surface area contributed by atoms with Crippen LogP contribution < -0.4 is 4.74 Å². The van der Waals surface area contributed by atoms with Gasteiger partial charge in [-0.05, 0) is 30.2 Å². The first-order chi connectivity index (χ1) is 15.6. The van der Waals surface area contributed by atoms with Gasteiger partial charge in [-0.15, -0.1) is 5.10 Å². The Labute approximate surface area is 191 Å². The van der Waals surface area contributed by atoms with Crippen molar-refractivity contribution < 1.29 is 9.84 Å². The Morgan fingerprint density at radius 1 is 1.03 bits per heavy atom. The molecular weight excluding hydrogens is 422 g/mol. The van der Waals surface area contributed by atoms with Crippen LogP contribution in [0.4, 0.5) is 0 Å². The number of aromatic nitrogens is 3. The average molecular weight is 450 g/mol. The van der Waals surface area contributed by atoms with Gasteiger partial charge in [-0.1, -0.05) is 53.8 Å². The van der Waals surface area contributed by atoms with E-state index in [1.807, 2.05) is 19.1 Å². The van der Waals surface area contributed by atoms with E-state index in [0.717, 1.165) is 53.9 Å². The number of nitrogens with zero attached hydrogens (tertiary/aromatic N) is 5. The fourth-order valence-electron chi connectivity index (χ4n) is 4.36. The van der Waals surface area contributed by atoms with Crippen LogP contribution in [0.5, 0.6) is 11.6 Å². The first-order valence-corrected chi connectivity index (χ1v) is 11.6. The minimum Gasteiger partial charge on any atom is -0.497 e. The summed E-state index contributed by atoms with van der Waals surface area (Å²) in [7, 11) is 1.67. The van der Waals surface area contributed by atoms with Gasteiger partial charge < -0.3 is 9.84 Å². The van der Waals surface area contributed by atoms with E-state index in [0.29, 0.717) is 5.82 Å². The molecule has 0 unspecified atom stereocenters. The van der Waals surface area contributed by atoms with Gasteiger partial charge in [0.05, 0.1) is 18.0 Å². The number of hydrogen-bond donors (Lipinski definition) is 1. The predicted octanol–water partition coefficient (Wildman–Crippen LogP) is 3.72. The molecular formula is C24H27N5O2S. The lowest BCUT2D eigenvalue weighted by Crippen LogP contribution is -2.47. The summed E-state index contributed by atoms with van der Waals surface area (Å²) < 4.78 is 6.91. The van der Waals surface area contributed by atoms with E-state index in [1.165, 1.54) is 16.9 Å². The Hall–Kier alpha value is -2.94. The number of fused-ring (bicyclic) bond motifs is 1. The van der Waals surface area contributed by atoms with Gasteiger partial charge in [-0.25, -0.2) is 4.98 Å². The zero-order valence-electron chi connectivity index (χ0n) is 18.3. The van der Waals surface area contributed by atoms with Gasteiger partial charge in [0.2, 0.25) is 10.8 Å². The summed E-state index contributed by atoms with van der Waals surface area (Å²) in [6.07, 6.45) is 0. The van der Waals surface area contributed by atoms with E-state index < -0.39 is 0 Å². The topological polar surface area (TPSA) is 66.1 Å². The SMILES string of the molecule is COc1ccc([C@@H](c2sc3nc(C)nn3c2O)N2CCN(Cc3ccccc3)CC2)cc1. The first-order valence-electron chi connectivity index (χ1n) is 10.8. The second kappa shape index (κ2) is 8.90. The minimum absolute atomic E-state index is 0.0615. The fourth-order valence-corrected chi connectivity index (χ4v) is 5.52. The molecule has 32 heavy (non-hydrogen) atoms. The Balaban J connectivity index is 1.42. The molecule has 5 rings (SSSR count). The molecule has 1 N–H and O–H groups in total. The summed E-state index contributed by atoms with van der Waals surface area (Å²) in [5.41, 5.74) is 2.46. The van der Waals surface area contributed by atoms with Crippen molar-refractivity contribution in [3.63, 3.8) is 0 Å². The second-order valence-corrected chi connectivity index (χ2v) is 9.13. The zero-order chi connectivity index (χ0) is 22.1. The van der Waals surface area contributed by atoms with Crippen LogP contribution in [0.15, 0.2) is 54.6 Å². The van der Waals surface area contributed by atoms with Crippen molar-refractivity contribution in [1.82, 2.24) is 24.4 Å². The van der Waals surface area contributed by atoms with Crippen molar-refractivity contribution in [3.05, 3.63) is 76.4 Å². The van der Waals surface area contributed by atoms with Crippen molar-refractivity contribution in [3.8, 4) is 11.6 Å². The van der Waals surface area contributed by atoms with Crippen LogP contribution in [-0.2, 0) is 6.54 Å². The van der Waals surface area contributed by atoms with E-state index in [4.69, 9.17) is 4.74 Å². The van der Waals surface area contributed by atoms with Crippen LogP contribution in [0.3, 0.4) is 0 Å². The number of methoxy groups -OCH3 is 1. The molecule has 8 heteroatoms. The van der Waals surface area contributed by atoms with E-state index in [-0.39, 0.29) is 11.9 Å². The largest absolute Gasteiger partial charge is 0.497 e. The highest BCUT2D eigenvalue weighted by Gasteiger charge is 2.31. The molecule has 2 aromatic carbocycles. The van der Waals surface area contributed by atoms with Gasteiger partial charge in [0, 0.05) is 32.7 Å². The molecule has 2 aromatic heterocycles. The number of rotatable bonds is 6. The summed E-state index contributed by atoms with van der Waals surface area (Å²) >= 11 is 1.51. The average Bonchev–Trinajstić information content (AvgIpc) is 3.33. The highest BCUT2D eigenvalue weighted by Crippen LogP contribution is 2.40. The quantitative estimate of drug-likeness (QED) is 0.484. The van der Waals surface area contributed by atoms with Crippen LogP contribution in [0.2, 0.25) is 0 Å². The fraction of sp³-hybridized carbons (Fsp3) is 0.333. The highest BCUT2D eigenvalue weighted by atomic mass is 32.1. The standard InChI is InChI=1S/C24H27N5O2S/c1-17-25-24-29(26-17)23(30)22(32-24)21(19-8-10-20(31-2)11-9-19)28-14-12-27(13-15-28)16-18-6-4-3-5-7-18/h3-11,21,30H,12-16H2,1-2H3/t21-/m0/s1. The Morgan fingerprint density at radius 2 is 1.75 bits per heavy atom. The molecule has 1 fully saturated rings. The molecule has 1 aliphatic rings. The van der Waals surface area contributed by atoms with Crippen LogP contribution in [0, 0.1) is 6.92 Å². The maximum Gasteiger partial charge on any atom is 0.230 e. The van der Waals surface area contributed by atoms with Gasteiger partial charge in [-0.3, -0.25) is 9.80 Å². The van der Waals surface area contributed by atoms with Gasteiger partial charge in [0.15, 0.2) is 0 Å². The van der Waals surface area contributed by atoms with Crippen molar-refractivity contribution in [2.45, 2.75) is 19.5 Å². The van der Waals surface area contributed by atoms with Crippen LogP contribution >= 0.6 is 11.3 Å². The summed E-state index contributed by atoms with van der Waals surface area (Å²) in [6, 6.07) is 18.7. The molecule has 1 aliphatic heterocycles. The summed E-state index contributed by atoms with van der Waals surface area (Å²) in [5, 5.41) is 15.4. The van der Waals surface area contributed by atoms with E-state index in [1.54, 1.807) is 11.6 Å². The van der Waals surface area contributed by atoms with E-state index >= 15 is 0 Å². The lowest BCUT2D eigenvalue weighted by molar-refractivity contribution is 0.105. The summed E-state index contributed by atoms with van der Waals surface area (Å²) in [4.78, 5) is 11.0. The Morgan fingerprint density at radius 3 is 2.41 bits per heavy atom. The number of aromatic hydroxyl groups is 1. The maximum atomic E-state index is 11.0. The molecule has 0 spiro atoms. The first kappa shape index (κ1) is 20.9. The molecule has 4 aromatic rings. The second-order valence-electron chi connectivity index (χ2n) is 8.12. The van der Waals surface area contributed by atoms with Crippen molar-refractivity contribution in [1.29, 1.82) is 0 Å². The number of aryl methyl sites for hydroxylation is 1. The molecule has 0 amide bonds. The molecule has 0 saturated carbocycles. The van der Waals surface area contributed by atoms with Crippen molar-refractivity contribution in [2.24, 2.45) is 0 Å². The molecule has 1 saturated heterocycles. The summed E-state index contributed by atoms with van der Waals surface area (Å²) in [5.74, 6) is 1.66. The molecule has 0 radical (unpaired) electrons. The normalized spacial score (nSPS) is 16.4. The van der Waals surface area contributed by atoms with Crippen LogP contribution in [0.1, 0.15) is 27.9 Å². The third-order valence-corrected chi connectivity index (χ3v) is 7.08. The van der Waals surface area contributed by atoms with Gasteiger partial charge in [0.1, 0.15) is 11.6 Å². The molecule has 166 valence electrons. The minimum atomic E-state index is -0.0615. The number of thiazole rings is 1. The molecule has 7 nitrogen and oxygen atoms in total. The van der Waals surface area contributed by atoms with Gasteiger partial charge >= 0.3 is 0 Å². The Kier molecular flexibility index (Phi) is 5.82. The highest BCUT2D eigenvalue weighted by molar-refractivity contribution is 7.17. The number of hydrogen-bond acceptors (Lipinski definition) is 7. The third kappa shape index (κ3) is 4.09. The smallest absolute Gasteiger partial charge is 0.230 e. The Bertz CT molecular complexity index is 1180. The summed E-state index contributed by atoms with van der Waals surface area (Å²) in [6.45, 7) is 6.57. The van der Waals surface area contributed by atoms with Crippen molar-refractivity contribution >= 4 is 16.3 Å². The van der Waals surface area contributed by atoms with Gasteiger partial charge in [0.25, 0.3) is 0 Å². The number of benzene rings is 2. The molecule has 0 aliphatic carbocycles. The molecule has 3 heterocycles. The lowest BCUT2D eigenvalue weighted by atomic mass is 10.0.